The number of benzene rings is 1. The average Bonchev–Trinajstić information content (AvgIpc) is 2.78. The molecule has 0 spiro atoms. The van der Waals surface area contributed by atoms with Crippen molar-refractivity contribution >= 4 is 29.2 Å². The smallest absolute Gasteiger partial charge is 0.319 e. The summed E-state index contributed by atoms with van der Waals surface area (Å²) in [4.78, 5) is 23.9. The number of aryl methyl sites for hydroxylation is 2. The summed E-state index contributed by atoms with van der Waals surface area (Å²) in [6.07, 6.45) is 0. The molecule has 0 unspecified atom stereocenters. The second-order valence-electron chi connectivity index (χ2n) is 6.01. The molecule has 0 aliphatic heterocycles. The summed E-state index contributed by atoms with van der Waals surface area (Å²) in [6, 6.07) is 7.05. The number of halogens is 1. The molecule has 1 aromatic heterocycles. The number of urea groups is 1. The maximum Gasteiger partial charge on any atom is 0.319 e. The number of hydrogen-bond acceptors (Lipinski definition) is 3. The Kier molecular flexibility index (Phi) is 6.03. The van der Waals surface area contributed by atoms with E-state index in [9.17, 15) is 9.59 Å². The highest BCUT2D eigenvalue weighted by molar-refractivity contribution is 6.33. The van der Waals surface area contributed by atoms with Gasteiger partial charge in [0.2, 0.25) is 0 Å². The van der Waals surface area contributed by atoms with E-state index in [4.69, 9.17) is 11.6 Å². The molecule has 0 saturated carbocycles. The van der Waals surface area contributed by atoms with E-state index >= 15 is 0 Å². The van der Waals surface area contributed by atoms with E-state index < -0.39 is 0 Å². The van der Waals surface area contributed by atoms with Crippen LogP contribution in [0.4, 0.5) is 10.5 Å². The van der Waals surface area contributed by atoms with Crippen LogP contribution in [0, 0.1) is 6.92 Å². The first-order valence-electron chi connectivity index (χ1n) is 7.91. The molecule has 0 saturated heterocycles. The van der Waals surface area contributed by atoms with Gasteiger partial charge in [0.1, 0.15) is 5.15 Å². The molecule has 3 N–H and O–H groups in total. The number of rotatable bonds is 5. The Morgan fingerprint density at radius 1 is 1.24 bits per heavy atom. The van der Waals surface area contributed by atoms with Crippen molar-refractivity contribution in [3.8, 4) is 0 Å². The third-order valence-corrected chi connectivity index (χ3v) is 3.90. The highest BCUT2D eigenvalue weighted by Crippen LogP contribution is 2.18. The van der Waals surface area contributed by atoms with Crippen molar-refractivity contribution in [3.05, 3.63) is 46.2 Å². The fourth-order valence-corrected chi connectivity index (χ4v) is 2.55. The number of nitrogens with one attached hydrogen (secondary N) is 3. The van der Waals surface area contributed by atoms with Crippen molar-refractivity contribution in [1.82, 2.24) is 20.4 Å². The Bertz CT molecular complexity index is 768. The standard InChI is InChI=1S/C17H22ClN5O2/c1-10(2)20-17(25)21-13-7-5-12(6-8-13)9-19-16(24)14-11(3)22-23(4)15(14)18/h5-8,10H,9H2,1-4H3,(H,19,24)(H2,20,21,25). The molecule has 2 rings (SSSR count). The van der Waals surface area contributed by atoms with Crippen LogP contribution in [0.3, 0.4) is 0 Å². The summed E-state index contributed by atoms with van der Waals surface area (Å²) >= 11 is 6.09. The molecule has 0 aliphatic rings. The molecule has 2 aromatic rings. The van der Waals surface area contributed by atoms with E-state index in [2.05, 4.69) is 21.0 Å². The maximum atomic E-state index is 12.3. The lowest BCUT2D eigenvalue weighted by Crippen LogP contribution is -2.34. The monoisotopic (exact) mass is 363 g/mol. The van der Waals surface area contributed by atoms with Crippen LogP contribution in [0.15, 0.2) is 24.3 Å². The van der Waals surface area contributed by atoms with E-state index in [1.165, 1.54) is 4.68 Å². The molecule has 0 aliphatic carbocycles. The Hall–Kier alpha value is -2.54. The predicted molar refractivity (Wildman–Crippen MR) is 97.9 cm³/mol. The van der Waals surface area contributed by atoms with Gasteiger partial charge in [0.15, 0.2) is 0 Å². The van der Waals surface area contributed by atoms with Crippen molar-refractivity contribution in [3.63, 3.8) is 0 Å². The third-order valence-electron chi connectivity index (χ3n) is 3.46. The summed E-state index contributed by atoms with van der Waals surface area (Å²) in [5, 5.41) is 12.7. The number of carbonyl (C=O) groups excluding carboxylic acids is 2. The van der Waals surface area contributed by atoms with Gasteiger partial charge in [0.25, 0.3) is 5.91 Å². The molecule has 0 bridgehead atoms. The molecule has 1 heterocycles. The van der Waals surface area contributed by atoms with E-state index in [0.29, 0.717) is 28.6 Å². The zero-order valence-corrected chi connectivity index (χ0v) is 15.4. The van der Waals surface area contributed by atoms with Crippen LogP contribution < -0.4 is 16.0 Å². The normalized spacial score (nSPS) is 10.6. The Morgan fingerprint density at radius 3 is 2.40 bits per heavy atom. The first kappa shape index (κ1) is 18.8. The minimum absolute atomic E-state index is 0.0669. The van der Waals surface area contributed by atoms with Gasteiger partial charge in [-0.05, 0) is 38.5 Å². The van der Waals surface area contributed by atoms with Crippen LogP contribution >= 0.6 is 11.6 Å². The van der Waals surface area contributed by atoms with Gasteiger partial charge in [-0.1, -0.05) is 23.7 Å². The zero-order valence-electron chi connectivity index (χ0n) is 14.7. The van der Waals surface area contributed by atoms with E-state index in [0.717, 1.165) is 5.56 Å². The fourth-order valence-electron chi connectivity index (χ4n) is 2.29. The molecular weight excluding hydrogens is 342 g/mol. The Balaban J connectivity index is 1.93. The summed E-state index contributed by atoms with van der Waals surface area (Å²) in [7, 11) is 1.69. The summed E-state index contributed by atoms with van der Waals surface area (Å²) in [5.74, 6) is -0.269. The van der Waals surface area contributed by atoms with Crippen LogP contribution in [0.1, 0.15) is 35.5 Å². The van der Waals surface area contributed by atoms with Gasteiger partial charge in [-0.25, -0.2) is 4.79 Å². The molecule has 1 aromatic carbocycles. The minimum atomic E-state index is -0.269. The Morgan fingerprint density at radius 2 is 1.88 bits per heavy atom. The van der Waals surface area contributed by atoms with Crippen LogP contribution in [0.2, 0.25) is 5.15 Å². The third kappa shape index (κ3) is 4.96. The van der Waals surface area contributed by atoms with Crippen molar-refractivity contribution in [2.75, 3.05) is 5.32 Å². The predicted octanol–water partition coefficient (Wildman–Crippen LogP) is 2.84. The maximum absolute atomic E-state index is 12.3. The number of nitrogens with zero attached hydrogens (tertiary/aromatic N) is 2. The molecule has 25 heavy (non-hydrogen) atoms. The van der Waals surface area contributed by atoms with Crippen LogP contribution in [0.5, 0.6) is 0 Å². The summed E-state index contributed by atoms with van der Waals surface area (Å²) in [5.41, 5.74) is 2.55. The lowest BCUT2D eigenvalue weighted by Gasteiger charge is -2.11. The lowest BCUT2D eigenvalue weighted by molar-refractivity contribution is 0.0950. The van der Waals surface area contributed by atoms with Gasteiger partial charge < -0.3 is 16.0 Å². The highest BCUT2D eigenvalue weighted by atomic mass is 35.5. The van der Waals surface area contributed by atoms with Gasteiger partial charge in [-0.15, -0.1) is 0 Å². The van der Waals surface area contributed by atoms with Gasteiger partial charge in [0.05, 0.1) is 11.3 Å². The highest BCUT2D eigenvalue weighted by Gasteiger charge is 2.18. The van der Waals surface area contributed by atoms with E-state index in [-0.39, 0.29) is 18.0 Å². The average molecular weight is 364 g/mol. The number of aromatic nitrogens is 2. The lowest BCUT2D eigenvalue weighted by atomic mass is 10.2. The van der Waals surface area contributed by atoms with Crippen LogP contribution in [-0.2, 0) is 13.6 Å². The first-order valence-corrected chi connectivity index (χ1v) is 8.29. The van der Waals surface area contributed by atoms with Crippen molar-refractivity contribution in [1.29, 1.82) is 0 Å². The quantitative estimate of drug-likeness (QED) is 0.763. The van der Waals surface area contributed by atoms with Crippen molar-refractivity contribution < 1.29 is 9.59 Å². The summed E-state index contributed by atoms with van der Waals surface area (Å²) < 4.78 is 1.47. The fraction of sp³-hybridized carbons (Fsp3) is 0.353. The van der Waals surface area contributed by atoms with Gasteiger partial charge in [0, 0.05) is 25.3 Å². The first-order chi connectivity index (χ1) is 11.8. The van der Waals surface area contributed by atoms with Crippen LogP contribution in [-0.4, -0.2) is 27.8 Å². The molecule has 7 nitrogen and oxygen atoms in total. The van der Waals surface area contributed by atoms with Gasteiger partial charge >= 0.3 is 6.03 Å². The molecule has 3 amide bonds. The Labute approximate surface area is 151 Å². The van der Waals surface area contributed by atoms with Crippen molar-refractivity contribution in [2.45, 2.75) is 33.4 Å². The number of amides is 3. The topological polar surface area (TPSA) is 88.1 Å². The van der Waals surface area contributed by atoms with Crippen LogP contribution in [0.25, 0.3) is 0 Å². The largest absolute Gasteiger partial charge is 0.348 e. The van der Waals surface area contributed by atoms with E-state index in [1.807, 2.05) is 26.0 Å². The summed E-state index contributed by atoms with van der Waals surface area (Å²) in [6.45, 7) is 5.87. The molecule has 0 fully saturated rings. The number of carbonyl (C=O) groups is 2. The minimum Gasteiger partial charge on any atom is -0.348 e. The molecule has 0 radical (unpaired) electrons. The molecule has 8 heteroatoms. The van der Waals surface area contributed by atoms with E-state index in [1.54, 1.807) is 26.1 Å². The number of hydrogen-bond donors (Lipinski definition) is 3. The van der Waals surface area contributed by atoms with Gasteiger partial charge in [-0.2, -0.15) is 5.10 Å². The zero-order chi connectivity index (χ0) is 18.6. The van der Waals surface area contributed by atoms with Gasteiger partial charge in [-0.3, -0.25) is 9.48 Å². The van der Waals surface area contributed by atoms with Crippen molar-refractivity contribution in [2.24, 2.45) is 7.05 Å². The SMILES string of the molecule is Cc1nn(C)c(Cl)c1C(=O)NCc1ccc(NC(=O)NC(C)C)cc1. The second-order valence-corrected chi connectivity index (χ2v) is 6.37. The molecular formula is C17H22ClN5O2. The second kappa shape index (κ2) is 8.02. The number of anilines is 1. The molecule has 0 atom stereocenters. The molecule has 134 valence electrons.